The summed E-state index contributed by atoms with van der Waals surface area (Å²) in [6.07, 6.45) is 2.21. The van der Waals surface area contributed by atoms with E-state index in [1.807, 2.05) is 16.7 Å². The first-order valence-electron chi connectivity index (χ1n) is 5.78. The minimum Gasteiger partial charge on any atom is -0.481 e. The van der Waals surface area contributed by atoms with E-state index in [0.717, 1.165) is 17.9 Å². The molecule has 4 nitrogen and oxygen atoms in total. The molecule has 1 atom stereocenters. The van der Waals surface area contributed by atoms with Crippen LogP contribution in [0.15, 0.2) is 0 Å². The molecule has 2 aliphatic rings. The summed E-state index contributed by atoms with van der Waals surface area (Å²) in [5.41, 5.74) is 0. The molecule has 1 amide bonds. The third-order valence-corrected chi connectivity index (χ3v) is 4.60. The fourth-order valence-electron chi connectivity index (χ4n) is 2.33. The van der Waals surface area contributed by atoms with Crippen LogP contribution in [-0.4, -0.2) is 46.5 Å². The summed E-state index contributed by atoms with van der Waals surface area (Å²) in [7, 11) is 0. The summed E-state index contributed by atoms with van der Waals surface area (Å²) in [4.78, 5) is 24.7. The Labute approximate surface area is 99.4 Å². The van der Waals surface area contributed by atoms with Crippen molar-refractivity contribution >= 4 is 23.6 Å². The summed E-state index contributed by atoms with van der Waals surface area (Å²) >= 11 is 1.84. The van der Waals surface area contributed by atoms with Gasteiger partial charge in [0.1, 0.15) is 0 Å². The number of hydrogen-bond donors (Lipinski definition) is 1. The molecule has 0 aliphatic carbocycles. The molecule has 2 aliphatic heterocycles. The average Bonchev–Trinajstić information content (AvgIpc) is 2.81. The number of piperidine rings is 1. The zero-order valence-corrected chi connectivity index (χ0v) is 10.0. The molecule has 90 valence electrons. The maximum absolute atomic E-state index is 12.0. The molecule has 0 spiro atoms. The molecule has 2 fully saturated rings. The lowest BCUT2D eigenvalue weighted by atomic mass is 9.96. The lowest BCUT2D eigenvalue weighted by Gasteiger charge is -2.31. The van der Waals surface area contributed by atoms with Crippen molar-refractivity contribution in [3.05, 3.63) is 0 Å². The number of carbonyl (C=O) groups is 2. The van der Waals surface area contributed by atoms with E-state index < -0.39 is 5.97 Å². The van der Waals surface area contributed by atoms with Crippen LogP contribution in [0.3, 0.4) is 0 Å². The highest BCUT2D eigenvalue weighted by Crippen LogP contribution is 2.27. The van der Waals surface area contributed by atoms with Gasteiger partial charge in [-0.25, -0.2) is 0 Å². The van der Waals surface area contributed by atoms with Gasteiger partial charge in [-0.15, -0.1) is 0 Å². The first kappa shape index (κ1) is 11.8. The standard InChI is InChI=1S/C11H17NO3S/c13-10(9-3-6-16-7-9)12-4-1-8(2-5-12)11(14)15/h8-9H,1-7H2,(H,14,15). The number of aliphatic carboxylic acids is 1. The van der Waals surface area contributed by atoms with Crippen molar-refractivity contribution in [2.75, 3.05) is 24.6 Å². The van der Waals surface area contributed by atoms with Crippen molar-refractivity contribution < 1.29 is 14.7 Å². The first-order valence-corrected chi connectivity index (χ1v) is 6.93. The Balaban J connectivity index is 1.84. The van der Waals surface area contributed by atoms with Crippen molar-refractivity contribution in [3.63, 3.8) is 0 Å². The van der Waals surface area contributed by atoms with Crippen LogP contribution in [0.1, 0.15) is 19.3 Å². The lowest BCUT2D eigenvalue weighted by Crippen LogP contribution is -2.43. The minimum absolute atomic E-state index is 0.186. The quantitative estimate of drug-likeness (QED) is 0.788. The molecular formula is C11H17NO3S. The van der Waals surface area contributed by atoms with Crippen LogP contribution in [0, 0.1) is 11.8 Å². The Hall–Kier alpha value is -0.710. The van der Waals surface area contributed by atoms with Gasteiger partial charge in [-0.1, -0.05) is 0 Å². The van der Waals surface area contributed by atoms with Crippen LogP contribution < -0.4 is 0 Å². The van der Waals surface area contributed by atoms with Crippen LogP contribution in [0.2, 0.25) is 0 Å². The summed E-state index contributed by atoms with van der Waals surface area (Å²) in [6.45, 7) is 1.24. The second-order valence-corrected chi connectivity index (χ2v) is 5.65. The summed E-state index contributed by atoms with van der Waals surface area (Å²) < 4.78 is 0. The number of likely N-dealkylation sites (tertiary alicyclic amines) is 1. The minimum atomic E-state index is -0.719. The van der Waals surface area contributed by atoms with Gasteiger partial charge in [0, 0.05) is 24.8 Å². The van der Waals surface area contributed by atoms with E-state index in [2.05, 4.69) is 0 Å². The third kappa shape index (κ3) is 2.51. The Morgan fingerprint density at radius 2 is 1.81 bits per heavy atom. The van der Waals surface area contributed by atoms with Gasteiger partial charge >= 0.3 is 5.97 Å². The predicted octanol–water partition coefficient (Wildman–Crippen LogP) is 1.06. The van der Waals surface area contributed by atoms with Crippen molar-refractivity contribution in [1.29, 1.82) is 0 Å². The fourth-order valence-corrected chi connectivity index (χ4v) is 3.55. The van der Waals surface area contributed by atoms with Gasteiger partial charge < -0.3 is 10.0 Å². The highest BCUT2D eigenvalue weighted by atomic mass is 32.2. The Morgan fingerprint density at radius 3 is 2.31 bits per heavy atom. The van der Waals surface area contributed by atoms with E-state index in [9.17, 15) is 9.59 Å². The number of thioether (sulfide) groups is 1. The molecule has 5 heteroatoms. The van der Waals surface area contributed by atoms with E-state index in [1.165, 1.54) is 0 Å². The van der Waals surface area contributed by atoms with Crippen LogP contribution >= 0.6 is 11.8 Å². The average molecular weight is 243 g/mol. The molecular weight excluding hydrogens is 226 g/mol. The third-order valence-electron chi connectivity index (χ3n) is 3.43. The van der Waals surface area contributed by atoms with Gasteiger partial charge in [0.2, 0.25) is 5.91 Å². The molecule has 2 heterocycles. The molecule has 2 rings (SSSR count). The number of carboxylic acids is 1. The zero-order chi connectivity index (χ0) is 11.5. The topological polar surface area (TPSA) is 57.6 Å². The Morgan fingerprint density at radius 1 is 1.12 bits per heavy atom. The van der Waals surface area contributed by atoms with Gasteiger partial charge in [-0.3, -0.25) is 9.59 Å². The molecule has 16 heavy (non-hydrogen) atoms. The maximum Gasteiger partial charge on any atom is 0.306 e. The monoisotopic (exact) mass is 243 g/mol. The summed E-state index contributed by atoms with van der Waals surface area (Å²) in [5.74, 6) is 1.49. The number of amides is 1. The molecule has 0 saturated carbocycles. The van der Waals surface area contributed by atoms with Crippen LogP contribution in [-0.2, 0) is 9.59 Å². The van der Waals surface area contributed by atoms with E-state index in [4.69, 9.17) is 5.11 Å². The van der Waals surface area contributed by atoms with Gasteiger partial charge in [-0.2, -0.15) is 11.8 Å². The summed E-state index contributed by atoms with van der Waals surface area (Å²) in [5, 5.41) is 8.87. The number of hydrogen-bond acceptors (Lipinski definition) is 3. The smallest absolute Gasteiger partial charge is 0.306 e. The van der Waals surface area contributed by atoms with Crippen LogP contribution in [0.4, 0.5) is 0 Å². The van der Waals surface area contributed by atoms with E-state index >= 15 is 0 Å². The van der Waals surface area contributed by atoms with E-state index in [-0.39, 0.29) is 17.7 Å². The summed E-state index contributed by atoms with van der Waals surface area (Å²) in [6, 6.07) is 0. The number of nitrogens with zero attached hydrogens (tertiary/aromatic N) is 1. The molecule has 0 radical (unpaired) electrons. The molecule has 0 bridgehead atoms. The van der Waals surface area contributed by atoms with Crippen LogP contribution in [0.25, 0.3) is 0 Å². The number of carboxylic acid groups (broad SMARTS) is 1. The Bertz CT molecular complexity index is 281. The zero-order valence-electron chi connectivity index (χ0n) is 9.22. The van der Waals surface area contributed by atoms with Crippen molar-refractivity contribution in [2.24, 2.45) is 11.8 Å². The largest absolute Gasteiger partial charge is 0.481 e. The first-order chi connectivity index (χ1) is 7.68. The lowest BCUT2D eigenvalue weighted by molar-refractivity contribution is -0.146. The molecule has 0 aromatic carbocycles. The van der Waals surface area contributed by atoms with E-state index in [0.29, 0.717) is 25.9 Å². The highest BCUT2D eigenvalue weighted by Gasteiger charge is 2.31. The van der Waals surface area contributed by atoms with Gasteiger partial charge in [0.15, 0.2) is 0 Å². The maximum atomic E-state index is 12.0. The highest BCUT2D eigenvalue weighted by molar-refractivity contribution is 7.99. The van der Waals surface area contributed by atoms with Crippen LogP contribution in [0.5, 0.6) is 0 Å². The van der Waals surface area contributed by atoms with Crippen molar-refractivity contribution in [2.45, 2.75) is 19.3 Å². The van der Waals surface area contributed by atoms with Gasteiger partial charge in [-0.05, 0) is 25.0 Å². The number of rotatable bonds is 2. The van der Waals surface area contributed by atoms with Gasteiger partial charge in [0.05, 0.1) is 5.92 Å². The van der Waals surface area contributed by atoms with E-state index in [1.54, 1.807) is 0 Å². The molecule has 1 unspecified atom stereocenters. The number of carbonyl (C=O) groups excluding carboxylic acids is 1. The molecule has 1 N–H and O–H groups in total. The van der Waals surface area contributed by atoms with Crippen molar-refractivity contribution in [1.82, 2.24) is 4.90 Å². The van der Waals surface area contributed by atoms with Crippen molar-refractivity contribution in [3.8, 4) is 0 Å². The fraction of sp³-hybridized carbons (Fsp3) is 0.818. The molecule has 0 aromatic rings. The Kier molecular flexibility index (Phi) is 3.74. The van der Waals surface area contributed by atoms with Gasteiger partial charge in [0.25, 0.3) is 0 Å². The predicted molar refractivity (Wildman–Crippen MR) is 62.4 cm³/mol. The second kappa shape index (κ2) is 5.08. The molecule has 0 aromatic heterocycles. The molecule has 2 saturated heterocycles. The normalized spacial score (nSPS) is 27.0. The SMILES string of the molecule is O=C(O)C1CCN(C(=O)C2CCSC2)CC1. The second-order valence-electron chi connectivity index (χ2n) is 4.50.